The van der Waals surface area contributed by atoms with Crippen LogP contribution in [-0.4, -0.2) is 17.7 Å². The predicted octanol–water partition coefficient (Wildman–Crippen LogP) is 4.61. The molecule has 2 fully saturated rings. The normalized spacial score (nSPS) is 36.6. The Labute approximate surface area is 145 Å². The molecular weight excluding hydrogens is 302 g/mol. The van der Waals surface area contributed by atoms with Crippen LogP contribution >= 0.6 is 12.2 Å². The van der Waals surface area contributed by atoms with E-state index in [4.69, 9.17) is 22.7 Å². The highest BCUT2D eigenvalue weighted by Crippen LogP contribution is 2.57. The average molecular weight is 332 g/mol. The second kappa shape index (κ2) is 6.52. The van der Waals surface area contributed by atoms with Gasteiger partial charge in [0.05, 0.1) is 11.1 Å². The van der Waals surface area contributed by atoms with Gasteiger partial charge in [-0.3, -0.25) is 0 Å². The molecule has 2 aliphatic rings. The van der Waals surface area contributed by atoms with Crippen molar-refractivity contribution in [3.8, 4) is 0 Å². The van der Waals surface area contributed by atoms with Crippen molar-refractivity contribution < 1.29 is 4.74 Å². The van der Waals surface area contributed by atoms with Crippen molar-refractivity contribution in [3.05, 3.63) is 35.9 Å². The van der Waals surface area contributed by atoms with Gasteiger partial charge in [0.25, 0.3) is 0 Å². The van der Waals surface area contributed by atoms with Crippen molar-refractivity contribution in [1.82, 2.24) is 0 Å². The summed E-state index contributed by atoms with van der Waals surface area (Å²) in [6.45, 7) is 5.31. The number of nitrogens with two attached hydrogens (primary N) is 1. The number of hydrogen-bond donors (Lipinski definition) is 1. The lowest BCUT2D eigenvalue weighted by Crippen LogP contribution is -2.53. The van der Waals surface area contributed by atoms with Gasteiger partial charge in [0.1, 0.15) is 0 Å². The molecule has 4 unspecified atom stereocenters. The molecule has 1 aromatic carbocycles. The fourth-order valence-corrected chi connectivity index (χ4v) is 5.14. The molecule has 0 radical (unpaired) electrons. The zero-order chi connectivity index (χ0) is 16.5. The van der Waals surface area contributed by atoms with Gasteiger partial charge in [0.2, 0.25) is 0 Å². The van der Waals surface area contributed by atoms with E-state index in [1.54, 1.807) is 0 Å². The van der Waals surface area contributed by atoms with Crippen LogP contribution in [0.25, 0.3) is 0 Å². The van der Waals surface area contributed by atoms with Gasteiger partial charge in [-0.05, 0) is 55.4 Å². The number of hydrogen-bond acceptors (Lipinski definition) is 2. The summed E-state index contributed by atoms with van der Waals surface area (Å²) in [4.78, 5) is 0.679. The van der Waals surface area contributed by atoms with Crippen molar-refractivity contribution in [2.24, 2.45) is 17.1 Å². The van der Waals surface area contributed by atoms with E-state index in [0.717, 1.165) is 32.3 Å². The molecule has 2 bridgehead atoms. The Morgan fingerprint density at radius 3 is 2.70 bits per heavy atom. The molecule has 2 aliphatic carbocycles. The molecule has 3 heteroatoms. The maximum absolute atomic E-state index is 6.19. The van der Waals surface area contributed by atoms with Crippen LogP contribution in [0.15, 0.2) is 30.3 Å². The first kappa shape index (κ1) is 16.9. The third-order valence-corrected chi connectivity index (χ3v) is 6.54. The van der Waals surface area contributed by atoms with Crippen LogP contribution < -0.4 is 5.73 Å². The van der Waals surface area contributed by atoms with Crippen molar-refractivity contribution in [2.75, 3.05) is 6.61 Å². The van der Waals surface area contributed by atoms with Crippen molar-refractivity contribution in [2.45, 2.75) is 63.9 Å². The van der Waals surface area contributed by atoms with Gasteiger partial charge in [0.15, 0.2) is 0 Å². The smallest absolute Gasteiger partial charge is 0.0787 e. The van der Waals surface area contributed by atoms with Crippen LogP contribution in [-0.2, 0) is 10.2 Å². The van der Waals surface area contributed by atoms with Gasteiger partial charge in [0, 0.05) is 12.0 Å². The Hall–Kier alpha value is -0.930. The molecule has 2 N–H and O–H groups in total. The topological polar surface area (TPSA) is 35.2 Å². The molecule has 0 amide bonds. The molecule has 0 spiro atoms. The summed E-state index contributed by atoms with van der Waals surface area (Å²) in [5.41, 5.74) is 7.80. The number of rotatable bonds is 5. The minimum atomic E-state index is -0.0532. The first-order valence-electron chi connectivity index (χ1n) is 8.96. The number of ether oxygens (including phenoxy) is 1. The zero-order valence-corrected chi connectivity index (χ0v) is 15.2. The van der Waals surface area contributed by atoms with E-state index in [-0.39, 0.29) is 10.8 Å². The summed E-state index contributed by atoms with van der Waals surface area (Å²) in [5.74, 6) is 0.566. The molecular formula is C20H29NOS. The van der Waals surface area contributed by atoms with Crippen LogP contribution in [0.4, 0.5) is 0 Å². The molecule has 0 saturated heterocycles. The summed E-state index contributed by atoms with van der Waals surface area (Å²) in [5, 5.41) is 0. The maximum Gasteiger partial charge on any atom is 0.0787 e. The van der Waals surface area contributed by atoms with Crippen molar-refractivity contribution >= 4 is 17.2 Å². The van der Waals surface area contributed by atoms with Crippen LogP contribution in [0.2, 0.25) is 0 Å². The van der Waals surface area contributed by atoms with Gasteiger partial charge in [-0.15, -0.1) is 0 Å². The van der Waals surface area contributed by atoms with E-state index in [1.807, 2.05) is 0 Å². The Morgan fingerprint density at radius 2 is 2.04 bits per heavy atom. The van der Waals surface area contributed by atoms with Gasteiger partial charge in [-0.2, -0.15) is 0 Å². The molecule has 0 heterocycles. The van der Waals surface area contributed by atoms with E-state index in [0.29, 0.717) is 17.0 Å². The summed E-state index contributed by atoms with van der Waals surface area (Å²) in [7, 11) is 0. The summed E-state index contributed by atoms with van der Waals surface area (Å²) < 4.78 is 6.19. The molecule has 2 nitrogen and oxygen atoms in total. The standard InChI is InChI=1S/C20H29NOS/c1-3-11-22-17-9-10-20(16-7-5-4-6-8-16)13-15(17)12-19(2,14-20)18(21)23/h4-8,15,17H,3,9-14H2,1-2H3,(H2,21,23). The van der Waals surface area contributed by atoms with Crippen LogP contribution in [0, 0.1) is 11.3 Å². The largest absolute Gasteiger partial charge is 0.393 e. The highest BCUT2D eigenvalue weighted by Gasteiger charge is 2.52. The molecule has 3 rings (SSSR count). The van der Waals surface area contributed by atoms with Crippen LogP contribution in [0.3, 0.4) is 0 Å². The fraction of sp³-hybridized carbons (Fsp3) is 0.650. The second-order valence-electron chi connectivity index (χ2n) is 7.86. The van der Waals surface area contributed by atoms with Crippen molar-refractivity contribution in [3.63, 3.8) is 0 Å². The number of thiocarbonyl (C=S) groups is 1. The third kappa shape index (κ3) is 3.18. The van der Waals surface area contributed by atoms with Gasteiger partial charge in [-0.1, -0.05) is 56.4 Å². The average Bonchev–Trinajstić information content (AvgIpc) is 2.55. The summed E-state index contributed by atoms with van der Waals surface area (Å²) in [6.07, 6.45) is 7.17. The lowest BCUT2D eigenvalue weighted by molar-refractivity contribution is -0.0652. The molecule has 1 aromatic rings. The van der Waals surface area contributed by atoms with Gasteiger partial charge in [-0.25, -0.2) is 0 Å². The van der Waals surface area contributed by atoms with Crippen molar-refractivity contribution in [1.29, 1.82) is 0 Å². The minimum Gasteiger partial charge on any atom is -0.393 e. The lowest BCUT2D eigenvalue weighted by Gasteiger charge is -2.55. The Bertz CT molecular complexity index is 560. The quantitative estimate of drug-likeness (QED) is 0.801. The lowest BCUT2D eigenvalue weighted by atomic mass is 9.51. The monoisotopic (exact) mass is 331 g/mol. The van der Waals surface area contributed by atoms with E-state index < -0.39 is 0 Å². The molecule has 2 saturated carbocycles. The fourth-order valence-electron chi connectivity index (χ4n) is 4.98. The Balaban J connectivity index is 1.93. The molecule has 0 aromatic heterocycles. The van der Waals surface area contributed by atoms with E-state index in [1.165, 1.54) is 18.4 Å². The second-order valence-corrected chi connectivity index (χ2v) is 8.30. The van der Waals surface area contributed by atoms with E-state index in [2.05, 4.69) is 44.2 Å². The molecule has 0 aliphatic heterocycles. The summed E-state index contributed by atoms with van der Waals surface area (Å²) >= 11 is 5.47. The van der Waals surface area contributed by atoms with Crippen LogP contribution in [0.1, 0.15) is 57.9 Å². The number of fused-ring (bicyclic) bond motifs is 2. The third-order valence-electron chi connectivity index (χ3n) is 6.04. The highest BCUT2D eigenvalue weighted by molar-refractivity contribution is 7.80. The van der Waals surface area contributed by atoms with E-state index >= 15 is 0 Å². The Morgan fingerprint density at radius 1 is 1.30 bits per heavy atom. The highest BCUT2D eigenvalue weighted by atomic mass is 32.1. The molecule has 23 heavy (non-hydrogen) atoms. The zero-order valence-electron chi connectivity index (χ0n) is 14.4. The van der Waals surface area contributed by atoms with E-state index in [9.17, 15) is 0 Å². The summed E-state index contributed by atoms with van der Waals surface area (Å²) in [6, 6.07) is 11.0. The molecule has 126 valence electrons. The SMILES string of the molecule is CCCOC1CCC2(c3ccccc3)CC1CC(C)(C(N)=S)C2. The molecule has 4 atom stereocenters. The number of benzene rings is 1. The Kier molecular flexibility index (Phi) is 4.80. The van der Waals surface area contributed by atoms with Gasteiger partial charge >= 0.3 is 0 Å². The van der Waals surface area contributed by atoms with Crippen LogP contribution in [0.5, 0.6) is 0 Å². The van der Waals surface area contributed by atoms with Gasteiger partial charge < -0.3 is 10.5 Å². The maximum atomic E-state index is 6.19. The first-order chi connectivity index (χ1) is 11.0. The predicted molar refractivity (Wildman–Crippen MR) is 99.6 cm³/mol. The minimum absolute atomic E-state index is 0.0532. The first-order valence-corrected chi connectivity index (χ1v) is 9.37.